The highest BCUT2D eigenvalue weighted by Crippen LogP contribution is 2.29. The van der Waals surface area contributed by atoms with Gasteiger partial charge in [0.05, 0.1) is 17.7 Å². The normalized spacial score (nSPS) is 13.6. The van der Waals surface area contributed by atoms with Crippen LogP contribution in [0.5, 0.6) is 5.75 Å². The van der Waals surface area contributed by atoms with Crippen molar-refractivity contribution in [2.45, 2.75) is 5.16 Å². The SMILES string of the molecule is COc1ccc(-c2nnc3n2N=C(c2cccs2)CS3)cc1. The van der Waals surface area contributed by atoms with Gasteiger partial charge in [0.2, 0.25) is 5.16 Å². The third-order valence-electron chi connectivity index (χ3n) is 3.32. The molecule has 0 radical (unpaired) electrons. The van der Waals surface area contributed by atoms with Crippen molar-refractivity contribution in [3.05, 3.63) is 46.7 Å². The van der Waals surface area contributed by atoms with Crippen molar-refractivity contribution in [1.29, 1.82) is 0 Å². The third kappa shape index (κ3) is 2.32. The second-order valence-corrected chi connectivity index (χ2v) is 6.55. The van der Waals surface area contributed by atoms with Crippen LogP contribution in [0.3, 0.4) is 0 Å². The third-order valence-corrected chi connectivity index (χ3v) is 5.17. The zero-order valence-electron chi connectivity index (χ0n) is 11.8. The van der Waals surface area contributed by atoms with Crippen LogP contribution >= 0.6 is 23.1 Å². The Balaban J connectivity index is 1.77. The van der Waals surface area contributed by atoms with E-state index in [9.17, 15) is 0 Å². The molecule has 3 aromatic rings. The minimum absolute atomic E-state index is 0.749. The minimum atomic E-state index is 0.749. The molecule has 0 saturated heterocycles. The Morgan fingerprint density at radius 2 is 2.00 bits per heavy atom. The van der Waals surface area contributed by atoms with E-state index >= 15 is 0 Å². The van der Waals surface area contributed by atoms with Gasteiger partial charge in [-0.15, -0.1) is 21.5 Å². The summed E-state index contributed by atoms with van der Waals surface area (Å²) in [6.07, 6.45) is 0. The Bertz CT molecular complexity index is 822. The summed E-state index contributed by atoms with van der Waals surface area (Å²) < 4.78 is 7.02. The minimum Gasteiger partial charge on any atom is -0.497 e. The molecule has 5 nitrogen and oxygen atoms in total. The monoisotopic (exact) mass is 328 g/mol. The summed E-state index contributed by atoms with van der Waals surface area (Å²) in [5.74, 6) is 2.39. The van der Waals surface area contributed by atoms with Gasteiger partial charge < -0.3 is 4.74 Å². The summed E-state index contributed by atoms with van der Waals surface area (Å²) in [5, 5.41) is 16.1. The molecule has 0 bridgehead atoms. The van der Waals surface area contributed by atoms with Crippen molar-refractivity contribution in [2.24, 2.45) is 5.10 Å². The molecule has 0 aliphatic carbocycles. The van der Waals surface area contributed by atoms with Crippen LogP contribution < -0.4 is 4.74 Å². The number of nitrogens with zero attached hydrogens (tertiary/aromatic N) is 4. The van der Waals surface area contributed by atoms with E-state index in [4.69, 9.17) is 9.84 Å². The Kier molecular flexibility index (Phi) is 3.44. The molecule has 0 unspecified atom stereocenters. The zero-order valence-corrected chi connectivity index (χ0v) is 13.4. The van der Waals surface area contributed by atoms with Gasteiger partial charge in [0, 0.05) is 11.3 Å². The largest absolute Gasteiger partial charge is 0.497 e. The fraction of sp³-hybridized carbons (Fsp3) is 0.133. The molecule has 4 rings (SSSR count). The van der Waals surface area contributed by atoms with E-state index in [-0.39, 0.29) is 0 Å². The number of hydrogen-bond acceptors (Lipinski definition) is 6. The first-order chi connectivity index (χ1) is 10.8. The summed E-state index contributed by atoms with van der Waals surface area (Å²) in [6.45, 7) is 0. The molecule has 110 valence electrons. The smallest absolute Gasteiger partial charge is 0.212 e. The topological polar surface area (TPSA) is 52.3 Å². The van der Waals surface area contributed by atoms with Crippen molar-refractivity contribution in [2.75, 3.05) is 12.9 Å². The summed E-state index contributed by atoms with van der Waals surface area (Å²) in [6, 6.07) is 11.9. The lowest BCUT2D eigenvalue weighted by molar-refractivity contribution is 0.415. The number of thioether (sulfide) groups is 1. The first-order valence-corrected chi connectivity index (χ1v) is 8.56. The Labute approximate surface area is 135 Å². The number of methoxy groups -OCH3 is 1. The molecule has 0 N–H and O–H groups in total. The van der Waals surface area contributed by atoms with Gasteiger partial charge in [-0.05, 0) is 35.7 Å². The van der Waals surface area contributed by atoms with Crippen molar-refractivity contribution >= 4 is 28.8 Å². The van der Waals surface area contributed by atoms with Gasteiger partial charge in [-0.2, -0.15) is 9.78 Å². The number of hydrogen-bond donors (Lipinski definition) is 0. The number of thiophene rings is 1. The molecule has 0 atom stereocenters. The van der Waals surface area contributed by atoms with Crippen LogP contribution in [0.4, 0.5) is 0 Å². The molecule has 7 heteroatoms. The van der Waals surface area contributed by atoms with Gasteiger partial charge in [0.25, 0.3) is 0 Å². The van der Waals surface area contributed by atoms with E-state index in [0.717, 1.165) is 33.8 Å². The lowest BCUT2D eigenvalue weighted by Gasteiger charge is -2.12. The van der Waals surface area contributed by atoms with Gasteiger partial charge in [0.15, 0.2) is 5.82 Å². The predicted molar refractivity (Wildman–Crippen MR) is 89.0 cm³/mol. The van der Waals surface area contributed by atoms with Crippen LogP contribution in [-0.2, 0) is 0 Å². The van der Waals surface area contributed by atoms with E-state index in [1.54, 1.807) is 30.2 Å². The molecular formula is C15H12N4OS2. The maximum absolute atomic E-state index is 5.19. The van der Waals surface area contributed by atoms with Crippen molar-refractivity contribution < 1.29 is 4.74 Å². The van der Waals surface area contributed by atoms with Crippen molar-refractivity contribution in [3.63, 3.8) is 0 Å². The predicted octanol–water partition coefficient (Wildman–Crippen LogP) is 3.37. The highest BCUT2D eigenvalue weighted by Gasteiger charge is 2.21. The van der Waals surface area contributed by atoms with E-state index in [1.165, 1.54) is 4.88 Å². The maximum Gasteiger partial charge on any atom is 0.212 e. The second-order valence-electron chi connectivity index (χ2n) is 4.66. The highest BCUT2D eigenvalue weighted by atomic mass is 32.2. The van der Waals surface area contributed by atoms with Crippen LogP contribution in [-0.4, -0.2) is 33.4 Å². The lowest BCUT2D eigenvalue weighted by atomic mass is 10.2. The molecule has 3 heterocycles. The Morgan fingerprint density at radius 3 is 2.73 bits per heavy atom. The summed E-state index contributed by atoms with van der Waals surface area (Å²) >= 11 is 3.36. The molecule has 22 heavy (non-hydrogen) atoms. The average Bonchev–Trinajstić information content (AvgIpc) is 3.24. The number of benzene rings is 1. The fourth-order valence-electron chi connectivity index (χ4n) is 2.21. The molecule has 0 saturated carbocycles. The molecule has 0 amide bonds. The van der Waals surface area contributed by atoms with Crippen LogP contribution in [0.2, 0.25) is 0 Å². The van der Waals surface area contributed by atoms with Crippen LogP contribution in [0.15, 0.2) is 52.0 Å². The lowest BCUT2D eigenvalue weighted by Crippen LogP contribution is -2.12. The zero-order chi connectivity index (χ0) is 14.9. The highest BCUT2D eigenvalue weighted by molar-refractivity contribution is 7.99. The molecule has 1 aromatic carbocycles. The van der Waals surface area contributed by atoms with E-state index in [2.05, 4.69) is 21.6 Å². The summed E-state index contributed by atoms with van der Waals surface area (Å²) in [5.41, 5.74) is 2.03. The van der Waals surface area contributed by atoms with Crippen molar-refractivity contribution in [1.82, 2.24) is 14.9 Å². The molecular weight excluding hydrogens is 316 g/mol. The molecule has 0 spiro atoms. The fourth-order valence-corrected chi connectivity index (χ4v) is 3.84. The summed E-state index contributed by atoms with van der Waals surface area (Å²) in [7, 11) is 1.65. The number of fused-ring (bicyclic) bond motifs is 1. The number of rotatable bonds is 3. The first kappa shape index (κ1) is 13.5. The van der Waals surface area contributed by atoms with E-state index in [1.807, 2.05) is 35.0 Å². The van der Waals surface area contributed by atoms with E-state index < -0.39 is 0 Å². The first-order valence-electron chi connectivity index (χ1n) is 6.69. The standard InChI is InChI=1S/C15H12N4OS2/c1-20-11-6-4-10(5-7-11)14-16-17-15-19(14)18-12(9-22-15)13-3-2-8-21-13/h2-8H,9H2,1H3. The van der Waals surface area contributed by atoms with Gasteiger partial charge in [-0.1, -0.05) is 17.8 Å². The molecule has 0 fully saturated rings. The van der Waals surface area contributed by atoms with Crippen LogP contribution in [0.1, 0.15) is 4.88 Å². The Morgan fingerprint density at radius 1 is 1.14 bits per heavy atom. The van der Waals surface area contributed by atoms with Crippen LogP contribution in [0, 0.1) is 0 Å². The quantitative estimate of drug-likeness (QED) is 0.740. The van der Waals surface area contributed by atoms with Gasteiger partial charge in [0.1, 0.15) is 5.75 Å². The van der Waals surface area contributed by atoms with Gasteiger partial charge in [-0.3, -0.25) is 0 Å². The number of aromatic nitrogens is 3. The summed E-state index contributed by atoms with van der Waals surface area (Å²) in [4.78, 5) is 1.19. The number of ether oxygens (including phenoxy) is 1. The van der Waals surface area contributed by atoms with Crippen molar-refractivity contribution in [3.8, 4) is 17.1 Å². The maximum atomic E-state index is 5.19. The van der Waals surface area contributed by atoms with Gasteiger partial charge in [-0.25, -0.2) is 0 Å². The second kappa shape index (κ2) is 5.58. The van der Waals surface area contributed by atoms with Gasteiger partial charge >= 0.3 is 0 Å². The molecule has 2 aromatic heterocycles. The van der Waals surface area contributed by atoms with E-state index in [0.29, 0.717) is 0 Å². The van der Waals surface area contributed by atoms with Crippen LogP contribution in [0.25, 0.3) is 11.4 Å². The molecule has 1 aliphatic rings. The Hall–Kier alpha value is -2.12. The average molecular weight is 328 g/mol. The molecule has 1 aliphatic heterocycles.